The molecule has 0 atom stereocenters. The van der Waals surface area contributed by atoms with Crippen LogP contribution in [0.1, 0.15) is 74.9 Å². The van der Waals surface area contributed by atoms with Gasteiger partial charge in [-0.25, -0.2) is 0 Å². The molecule has 58 heavy (non-hydrogen) atoms. The molecule has 287 valence electrons. The average Bonchev–Trinajstić information content (AvgIpc) is 3.87. The van der Waals surface area contributed by atoms with Crippen LogP contribution in [0.25, 0.3) is 33.9 Å². The Bertz CT molecular complexity index is 2660. The van der Waals surface area contributed by atoms with Gasteiger partial charge in [-0.15, -0.1) is 0 Å². The van der Waals surface area contributed by atoms with Gasteiger partial charge in [0.15, 0.2) is 0 Å². The summed E-state index contributed by atoms with van der Waals surface area (Å²) in [5, 5.41) is 5.19. The van der Waals surface area contributed by atoms with Crippen LogP contribution in [-0.2, 0) is 33.5 Å². The Labute approximate surface area is 355 Å². The Morgan fingerprint density at radius 1 is 0.586 bits per heavy atom. The van der Waals surface area contributed by atoms with Gasteiger partial charge >= 0.3 is 321 Å². The molecule has 6 aromatic rings. The molecule has 1 heterocycles. The molecule has 6 aromatic carbocycles. The predicted molar refractivity (Wildman–Crippen MR) is 245 cm³/mol. The second-order valence-electron chi connectivity index (χ2n) is 16.8. The fourth-order valence-electron chi connectivity index (χ4n) is 9.84. The normalized spacial score (nSPS) is 17.8. The third kappa shape index (κ3) is 6.01. The minimum atomic E-state index is -2.48. The number of benzene rings is 6. The number of allylic oxidation sites excluding steroid dienone is 5. The Morgan fingerprint density at radius 2 is 1.07 bits per heavy atom. The third-order valence-corrected chi connectivity index (χ3v) is 18.2. The first-order valence-corrected chi connectivity index (χ1v) is 23.4. The second kappa shape index (κ2) is 15.0. The number of rotatable bonds is 7. The molecule has 1 saturated heterocycles. The van der Waals surface area contributed by atoms with Gasteiger partial charge in [0.1, 0.15) is 0 Å². The molecule has 3 heteroatoms. The third-order valence-electron chi connectivity index (χ3n) is 12.9. The van der Waals surface area contributed by atoms with Crippen LogP contribution in [0.2, 0.25) is 0 Å². The zero-order valence-corrected chi connectivity index (χ0v) is 37.6. The molecular weight excluding hydrogens is 898 g/mol. The van der Waals surface area contributed by atoms with E-state index in [2.05, 4.69) is 210 Å². The summed E-state index contributed by atoms with van der Waals surface area (Å²) < 4.78 is 10.1. The molecule has 9 rings (SSSR count). The molecule has 3 aliphatic rings. The summed E-state index contributed by atoms with van der Waals surface area (Å²) in [7, 11) is -2.48. The number of hydrogen-bond acceptors (Lipinski definition) is 1. The molecule has 1 aliphatic heterocycles. The fourth-order valence-corrected chi connectivity index (χ4v) is 15.7. The van der Waals surface area contributed by atoms with Crippen molar-refractivity contribution in [1.29, 1.82) is 0 Å². The molecule has 2 aliphatic carbocycles. The Balaban J connectivity index is 1.31. The molecule has 0 saturated carbocycles. The van der Waals surface area contributed by atoms with E-state index in [1.165, 1.54) is 93.6 Å². The Hall–Kier alpha value is -4.91. The fraction of sp³-hybridized carbons (Fsp3) is 0.182. The van der Waals surface area contributed by atoms with Crippen LogP contribution >= 0.6 is 7.26 Å². The first kappa shape index (κ1) is 38.6. The van der Waals surface area contributed by atoms with Gasteiger partial charge in [-0.2, -0.15) is 0 Å². The monoisotopic (exact) mass is 948 g/mol. The van der Waals surface area contributed by atoms with Gasteiger partial charge in [0, 0.05) is 0 Å². The second-order valence-corrected chi connectivity index (χ2v) is 20.7. The van der Waals surface area contributed by atoms with Crippen LogP contribution in [0.5, 0.6) is 0 Å². The van der Waals surface area contributed by atoms with Crippen LogP contribution in [0.3, 0.4) is 0 Å². The molecular formula is C55H49OOsP+. The molecule has 0 unspecified atom stereocenters. The molecule has 0 bridgehead atoms. The molecule has 0 aromatic heterocycles. The van der Waals surface area contributed by atoms with E-state index in [0.717, 1.165) is 0 Å². The van der Waals surface area contributed by atoms with E-state index in [4.69, 9.17) is 4.74 Å². The minimum absolute atomic E-state index is 0.0953. The number of ether oxygens (including phenoxy) is 1. The van der Waals surface area contributed by atoms with Gasteiger partial charge in [0.2, 0.25) is 0 Å². The van der Waals surface area contributed by atoms with Crippen molar-refractivity contribution >= 4 is 34.8 Å². The van der Waals surface area contributed by atoms with Crippen molar-refractivity contribution in [2.45, 2.75) is 52.4 Å². The summed E-state index contributed by atoms with van der Waals surface area (Å²) in [6.45, 7) is 15.1. The van der Waals surface area contributed by atoms with E-state index < -0.39 is 7.26 Å². The van der Waals surface area contributed by atoms with Gasteiger partial charge in [-0.05, 0) is 12.5 Å². The van der Waals surface area contributed by atoms with Crippen LogP contribution in [0.4, 0.5) is 0 Å². The summed E-state index contributed by atoms with van der Waals surface area (Å²) in [5.41, 5.74) is 16.9. The van der Waals surface area contributed by atoms with Gasteiger partial charge in [-0.1, -0.05) is 24.3 Å². The van der Waals surface area contributed by atoms with Crippen molar-refractivity contribution in [3.8, 4) is 26.6 Å². The van der Waals surface area contributed by atoms with Gasteiger partial charge in [0.05, 0.1) is 0 Å². The van der Waals surface area contributed by atoms with Gasteiger partial charge in [-0.3, -0.25) is 0 Å². The summed E-state index contributed by atoms with van der Waals surface area (Å²) >= 11 is 1.85. The maximum absolute atomic E-state index is 6.13. The molecule has 0 spiro atoms. The maximum atomic E-state index is 6.13. The van der Waals surface area contributed by atoms with Gasteiger partial charge in [0.25, 0.3) is 0 Å². The van der Waals surface area contributed by atoms with E-state index in [0.29, 0.717) is 13.2 Å². The van der Waals surface area contributed by atoms with E-state index >= 15 is 0 Å². The molecule has 1 fully saturated rings. The Morgan fingerprint density at radius 3 is 1.57 bits per heavy atom. The van der Waals surface area contributed by atoms with E-state index in [9.17, 15) is 0 Å². The van der Waals surface area contributed by atoms with E-state index in [1.807, 2.05) is 17.9 Å². The summed E-state index contributed by atoms with van der Waals surface area (Å²) in [6, 6.07) is 52.9. The molecule has 0 amide bonds. The quantitative estimate of drug-likeness (QED) is 0.145. The van der Waals surface area contributed by atoms with Crippen LogP contribution in [-0.4, -0.2) is 13.2 Å². The van der Waals surface area contributed by atoms with Gasteiger partial charge < -0.3 is 0 Å². The van der Waals surface area contributed by atoms with Crippen molar-refractivity contribution in [2.75, 3.05) is 13.2 Å². The van der Waals surface area contributed by atoms with Crippen molar-refractivity contribution < 1.29 is 22.7 Å². The topological polar surface area (TPSA) is 9.23 Å². The van der Waals surface area contributed by atoms with Crippen LogP contribution < -0.4 is 15.9 Å². The zero-order chi connectivity index (χ0) is 40.2. The van der Waals surface area contributed by atoms with Crippen molar-refractivity contribution in [2.24, 2.45) is 0 Å². The summed E-state index contributed by atoms with van der Waals surface area (Å²) in [4.78, 5) is 0. The Kier molecular flexibility index (Phi) is 10.0. The van der Waals surface area contributed by atoms with Crippen LogP contribution in [0, 0.1) is 4.37 Å². The molecule has 1 nitrogen and oxygen atoms in total. The zero-order valence-electron chi connectivity index (χ0n) is 34.2. The number of hydrogen-bond donors (Lipinski definition) is 0. The SMILES string of the molecule is CC=C1COCC1=CC(=C([C]#[Os])[P+](c1ccccc1)(c1ccccc1)c1ccccc1)c1ccc2c(c1)C(C)(C)c1cc3c(cc1-2)C(C)(C)c1cc(/C=C/C)ccc1-3. The van der Waals surface area contributed by atoms with Crippen molar-refractivity contribution in [1.82, 2.24) is 0 Å². The average molecular weight is 947 g/mol. The van der Waals surface area contributed by atoms with E-state index in [-0.39, 0.29) is 10.8 Å². The van der Waals surface area contributed by atoms with Crippen LogP contribution in [0.15, 0.2) is 174 Å². The summed E-state index contributed by atoms with van der Waals surface area (Å²) in [6.07, 6.45) is 8.99. The molecule has 0 N–H and O–H groups in total. The summed E-state index contributed by atoms with van der Waals surface area (Å²) in [5.74, 6) is 0. The standard InChI is InChI=1S/C55H49OP.Os/c1-8-19-38-26-28-45-48-33-53-49(34-52(48)54(4,5)50(45)30-38)46-29-27-40(32-51(46)55(53,6)7)47(31-41-36-56-35-39(41)9-2)37(3)57(42-20-13-10-14-21-42,43-22-15-11-16-23-43)44-24-17-12-18-25-44;/h8-34H,35-36H2,1-2,4-7H3;/q+1;/b19-8+,39-9?,41-31?,47-37?;. The number of fused-ring (bicyclic) bond motifs is 6. The van der Waals surface area contributed by atoms with Crippen molar-refractivity contribution in [3.05, 3.63) is 208 Å². The molecule has 0 radical (unpaired) electrons. The van der Waals surface area contributed by atoms with Crippen molar-refractivity contribution in [3.63, 3.8) is 0 Å². The predicted octanol–water partition coefficient (Wildman–Crippen LogP) is 12.4. The van der Waals surface area contributed by atoms with E-state index in [1.54, 1.807) is 0 Å². The first-order valence-electron chi connectivity index (χ1n) is 20.4. The first-order chi connectivity index (χ1) is 28.1.